The summed E-state index contributed by atoms with van der Waals surface area (Å²) in [5.41, 5.74) is -0.489. The smallest absolute Gasteiger partial charge is 0.326 e. The molecular formula is C12H22N2O3. The number of nitrogens with one attached hydrogen (secondary N) is 1. The molecular weight excluding hydrogens is 220 g/mol. The number of rotatable bonds is 2. The lowest BCUT2D eigenvalue weighted by molar-refractivity contribution is -0.142. The summed E-state index contributed by atoms with van der Waals surface area (Å²) in [5.74, 6) is -0.983. The Hall–Kier alpha value is -1.26. The highest BCUT2D eigenvalue weighted by Gasteiger charge is 2.33. The molecule has 98 valence electrons. The van der Waals surface area contributed by atoms with E-state index in [2.05, 4.69) is 5.32 Å². The summed E-state index contributed by atoms with van der Waals surface area (Å²) in [7, 11) is 0. The van der Waals surface area contributed by atoms with E-state index in [1.54, 1.807) is 4.90 Å². The minimum atomic E-state index is -0.983. The number of aliphatic carboxylic acids is 1. The SMILES string of the molecule is CC(C)(C)[C@H](NC(=O)N1CCCCC1)C(=O)O. The van der Waals surface area contributed by atoms with Crippen LogP contribution in [-0.2, 0) is 4.79 Å². The van der Waals surface area contributed by atoms with Gasteiger partial charge in [0.1, 0.15) is 6.04 Å². The van der Waals surface area contributed by atoms with Crippen molar-refractivity contribution >= 4 is 12.0 Å². The number of piperidine rings is 1. The van der Waals surface area contributed by atoms with Crippen molar-refractivity contribution in [2.45, 2.75) is 46.1 Å². The predicted molar refractivity (Wildman–Crippen MR) is 64.8 cm³/mol. The van der Waals surface area contributed by atoms with E-state index in [9.17, 15) is 9.59 Å². The minimum Gasteiger partial charge on any atom is -0.480 e. The molecule has 2 N–H and O–H groups in total. The average molecular weight is 242 g/mol. The van der Waals surface area contributed by atoms with Crippen molar-refractivity contribution in [3.8, 4) is 0 Å². The Morgan fingerprint density at radius 3 is 2.12 bits per heavy atom. The van der Waals surface area contributed by atoms with Crippen molar-refractivity contribution in [2.24, 2.45) is 5.41 Å². The van der Waals surface area contributed by atoms with Crippen molar-refractivity contribution in [3.05, 3.63) is 0 Å². The van der Waals surface area contributed by atoms with E-state index >= 15 is 0 Å². The van der Waals surface area contributed by atoms with Crippen molar-refractivity contribution in [1.29, 1.82) is 0 Å². The lowest BCUT2D eigenvalue weighted by atomic mass is 9.87. The van der Waals surface area contributed by atoms with Crippen LogP contribution in [0.15, 0.2) is 0 Å². The van der Waals surface area contributed by atoms with Gasteiger partial charge in [-0.05, 0) is 24.7 Å². The average Bonchev–Trinajstić information content (AvgIpc) is 2.24. The Kier molecular flexibility index (Phi) is 4.37. The summed E-state index contributed by atoms with van der Waals surface area (Å²) in [6.45, 7) is 6.87. The molecule has 1 aliphatic heterocycles. The molecule has 0 aromatic carbocycles. The van der Waals surface area contributed by atoms with Crippen LogP contribution in [0, 0.1) is 5.41 Å². The first-order valence-electron chi connectivity index (χ1n) is 6.10. The summed E-state index contributed by atoms with van der Waals surface area (Å²) < 4.78 is 0. The van der Waals surface area contributed by atoms with Gasteiger partial charge in [0.15, 0.2) is 0 Å². The zero-order valence-electron chi connectivity index (χ0n) is 10.8. The van der Waals surface area contributed by atoms with Crippen LogP contribution >= 0.6 is 0 Å². The second-order valence-electron chi connectivity index (χ2n) is 5.63. The number of nitrogens with zero attached hydrogens (tertiary/aromatic N) is 1. The van der Waals surface area contributed by atoms with Gasteiger partial charge in [-0.15, -0.1) is 0 Å². The van der Waals surface area contributed by atoms with Gasteiger partial charge in [0, 0.05) is 13.1 Å². The topological polar surface area (TPSA) is 69.6 Å². The normalized spacial score (nSPS) is 18.6. The Morgan fingerprint density at radius 2 is 1.71 bits per heavy atom. The van der Waals surface area contributed by atoms with Gasteiger partial charge in [0.25, 0.3) is 0 Å². The van der Waals surface area contributed by atoms with Gasteiger partial charge < -0.3 is 15.3 Å². The van der Waals surface area contributed by atoms with Crippen molar-refractivity contribution < 1.29 is 14.7 Å². The summed E-state index contributed by atoms with van der Waals surface area (Å²) in [6, 6.07) is -1.11. The number of carbonyl (C=O) groups is 2. The predicted octanol–water partition coefficient (Wildman–Crippen LogP) is 1.68. The summed E-state index contributed by atoms with van der Waals surface area (Å²) in [5, 5.41) is 11.7. The fraction of sp³-hybridized carbons (Fsp3) is 0.833. The Morgan fingerprint density at radius 1 is 1.18 bits per heavy atom. The maximum atomic E-state index is 11.9. The van der Waals surface area contributed by atoms with E-state index in [0.29, 0.717) is 0 Å². The van der Waals surface area contributed by atoms with E-state index in [1.807, 2.05) is 20.8 Å². The second-order valence-corrected chi connectivity index (χ2v) is 5.63. The number of carboxylic acid groups (broad SMARTS) is 1. The molecule has 0 radical (unpaired) electrons. The molecule has 1 saturated heterocycles. The van der Waals surface area contributed by atoms with Crippen LogP contribution in [0.25, 0.3) is 0 Å². The lowest BCUT2D eigenvalue weighted by Gasteiger charge is -2.32. The number of hydrogen-bond acceptors (Lipinski definition) is 2. The van der Waals surface area contributed by atoms with E-state index in [1.165, 1.54) is 0 Å². The van der Waals surface area contributed by atoms with Gasteiger partial charge in [0.2, 0.25) is 0 Å². The molecule has 17 heavy (non-hydrogen) atoms. The fourth-order valence-corrected chi connectivity index (χ4v) is 1.96. The maximum absolute atomic E-state index is 11.9. The van der Waals surface area contributed by atoms with E-state index < -0.39 is 17.4 Å². The molecule has 0 bridgehead atoms. The molecule has 1 aliphatic rings. The number of urea groups is 1. The molecule has 1 atom stereocenters. The van der Waals surface area contributed by atoms with Gasteiger partial charge in [-0.25, -0.2) is 9.59 Å². The van der Waals surface area contributed by atoms with Crippen LogP contribution < -0.4 is 5.32 Å². The molecule has 0 unspecified atom stereocenters. The highest BCUT2D eigenvalue weighted by Crippen LogP contribution is 2.20. The monoisotopic (exact) mass is 242 g/mol. The van der Waals surface area contributed by atoms with Crippen LogP contribution in [-0.4, -0.2) is 41.1 Å². The number of carboxylic acids is 1. The van der Waals surface area contributed by atoms with Gasteiger partial charge in [-0.1, -0.05) is 20.8 Å². The number of hydrogen-bond donors (Lipinski definition) is 2. The number of likely N-dealkylation sites (tertiary alicyclic amines) is 1. The first-order valence-corrected chi connectivity index (χ1v) is 6.10. The largest absolute Gasteiger partial charge is 0.480 e. The van der Waals surface area contributed by atoms with Crippen molar-refractivity contribution in [2.75, 3.05) is 13.1 Å². The Bertz CT molecular complexity index is 291. The number of carbonyl (C=O) groups excluding carboxylic acids is 1. The van der Waals surface area contributed by atoms with Crippen LogP contribution in [0.3, 0.4) is 0 Å². The molecule has 0 aliphatic carbocycles. The van der Waals surface area contributed by atoms with Crippen molar-refractivity contribution in [1.82, 2.24) is 10.2 Å². The van der Waals surface area contributed by atoms with E-state index in [4.69, 9.17) is 5.11 Å². The summed E-state index contributed by atoms with van der Waals surface area (Å²) >= 11 is 0. The zero-order valence-corrected chi connectivity index (χ0v) is 10.8. The lowest BCUT2D eigenvalue weighted by Crippen LogP contribution is -2.54. The first-order chi connectivity index (χ1) is 7.82. The van der Waals surface area contributed by atoms with E-state index in [-0.39, 0.29) is 6.03 Å². The van der Waals surface area contributed by atoms with Crippen LogP contribution in [0.5, 0.6) is 0 Å². The van der Waals surface area contributed by atoms with Crippen LogP contribution in [0.2, 0.25) is 0 Å². The third-order valence-electron chi connectivity index (χ3n) is 3.02. The molecule has 0 saturated carbocycles. The second kappa shape index (κ2) is 5.38. The quantitative estimate of drug-likeness (QED) is 0.774. The fourth-order valence-electron chi connectivity index (χ4n) is 1.96. The summed E-state index contributed by atoms with van der Waals surface area (Å²) in [6.07, 6.45) is 3.15. The third-order valence-corrected chi connectivity index (χ3v) is 3.02. The highest BCUT2D eigenvalue weighted by molar-refractivity contribution is 5.83. The highest BCUT2D eigenvalue weighted by atomic mass is 16.4. The Labute approximate surface area is 102 Å². The molecule has 5 nitrogen and oxygen atoms in total. The van der Waals surface area contributed by atoms with Gasteiger partial charge in [-0.2, -0.15) is 0 Å². The van der Waals surface area contributed by atoms with Gasteiger partial charge in [-0.3, -0.25) is 0 Å². The Balaban J connectivity index is 2.60. The minimum absolute atomic E-state index is 0.257. The third kappa shape index (κ3) is 3.91. The molecule has 1 fully saturated rings. The number of amides is 2. The van der Waals surface area contributed by atoms with Crippen LogP contribution in [0.1, 0.15) is 40.0 Å². The molecule has 0 aromatic rings. The van der Waals surface area contributed by atoms with Crippen LogP contribution in [0.4, 0.5) is 4.79 Å². The summed E-state index contributed by atoms with van der Waals surface area (Å²) in [4.78, 5) is 24.7. The van der Waals surface area contributed by atoms with Gasteiger partial charge >= 0.3 is 12.0 Å². The zero-order chi connectivity index (χ0) is 13.1. The molecule has 1 heterocycles. The van der Waals surface area contributed by atoms with E-state index in [0.717, 1.165) is 32.4 Å². The molecule has 5 heteroatoms. The molecule has 0 spiro atoms. The molecule has 2 amide bonds. The molecule has 0 aromatic heterocycles. The standard InChI is InChI=1S/C12H22N2O3/c1-12(2,3)9(10(15)16)13-11(17)14-7-5-4-6-8-14/h9H,4-8H2,1-3H3,(H,13,17)(H,15,16)/t9-/m1/s1. The maximum Gasteiger partial charge on any atom is 0.326 e. The van der Waals surface area contributed by atoms with Gasteiger partial charge in [0.05, 0.1) is 0 Å². The first kappa shape index (κ1) is 13.8. The van der Waals surface area contributed by atoms with Crippen molar-refractivity contribution in [3.63, 3.8) is 0 Å². The molecule has 1 rings (SSSR count).